The average Bonchev–Trinajstić information content (AvgIpc) is 2.38. The van der Waals surface area contributed by atoms with Gasteiger partial charge in [0, 0.05) is 37.8 Å². The van der Waals surface area contributed by atoms with Crippen LogP contribution in [0.1, 0.15) is 26.7 Å². The van der Waals surface area contributed by atoms with Crippen LogP contribution in [0.4, 0.5) is 10.1 Å². The maximum atomic E-state index is 13.0. The molecule has 0 aliphatic heterocycles. The lowest BCUT2D eigenvalue weighted by Gasteiger charge is -2.25. The minimum absolute atomic E-state index is 0.134. The fraction of sp³-hybridized carbons (Fsp3) is 0.533. The monoisotopic (exact) mass is 282 g/mol. The van der Waals surface area contributed by atoms with E-state index in [0.717, 1.165) is 6.54 Å². The fourth-order valence-electron chi connectivity index (χ4n) is 1.94. The summed E-state index contributed by atoms with van der Waals surface area (Å²) in [6.07, 6.45) is 1.05. The molecule has 0 bridgehead atoms. The van der Waals surface area contributed by atoms with E-state index in [0.29, 0.717) is 31.1 Å². The van der Waals surface area contributed by atoms with Crippen LogP contribution in [0.5, 0.6) is 0 Å². The molecule has 0 atom stereocenters. The summed E-state index contributed by atoms with van der Waals surface area (Å²) >= 11 is 0. The Hall–Kier alpha value is -1.46. The number of nitrogens with zero attached hydrogens (tertiary/aromatic N) is 1. The van der Waals surface area contributed by atoms with Crippen molar-refractivity contribution in [2.45, 2.75) is 32.7 Å². The number of hydrogen-bond acceptors (Lipinski definition) is 3. The maximum Gasteiger partial charge on any atom is 0.225 e. The second-order valence-corrected chi connectivity index (χ2v) is 5.02. The molecule has 0 saturated heterocycles. The van der Waals surface area contributed by atoms with Crippen molar-refractivity contribution in [2.24, 2.45) is 0 Å². The molecule has 20 heavy (non-hydrogen) atoms. The number of halogens is 1. The molecule has 1 rings (SSSR count). The SMILES string of the molecule is CC(C)N(CCCO)CCC(=O)Nc1cccc(F)c1. The molecule has 1 aromatic rings. The van der Waals surface area contributed by atoms with Crippen LogP contribution in [-0.2, 0) is 4.79 Å². The number of benzene rings is 1. The molecule has 0 saturated carbocycles. The highest BCUT2D eigenvalue weighted by molar-refractivity contribution is 5.90. The van der Waals surface area contributed by atoms with Gasteiger partial charge in [-0.1, -0.05) is 6.07 Å². The van der Waals surface area contributed by atoms with Crippen LogP contribution in [0.15, 0.2) is 24.3 Å². The van der Waals surface area contributed by atoms with Crippen molar-refractivity contribution >= 4 is 11.6 Å². The molecular weight excluding hydrogens is 259 g/mol. The molecule has 0 unspecified atom stereocenters. The van der Waals surface area contributed by atoms with Crippen LogP contribution in [0.2, 0.25) is 0 Å². The molecule has 0 fully saturated rings. The van der Waals surface area contributed by atoms with Gasteiger partial charge in [-0.3, -0.25) is 4.79 Å². The van der Waals surface area contributed by atoms with Gasteiger partial charge in [-0.2, -0.15) is 0 Å². The van der Waals surface area contributed by atoms with Crippen molar-refractivity contribution in [1.82, 2.24) is 4.90 Å². The highest BCUT2D eigenvalue weighted by Crippen LogP contribution is 2.10. The minimum Gasteiger partial charge on any atom is -0.396 e. The van der Waals surface area contributed by atoms with Crippen LogP contribution < -0.4 is 5.32 Å². The second kappa shape index (κ2) is 8.66. The molecule has 0 radical (unpaired) electrons. The summed E-state index contributed by atoms with van der Waals surface area (Å²) < 4.78 is 13.0. The van der Waals surface area contributed by atoms with Crippen molar-refractivity contribution in [1.29, 1.82) is 0 Å². The molecule has 0 spiro atoms. The summed E-state index contributed by atoms with van der Waals surface area (Å²) in [7, 11) is 0. The van der Waals surface area contributed by atoms with Gasteiger partial charge in [-0.05, 0) is 38.5 Å². The number of nitrogens with one attached hydrogen (secondary N) is 1. The standard InChI is InChI=1S/C15H23FN2O2/c1-12(2)18(8-4-10-19)9-7-15(20)17-14-6-3-5-13(16)11-14/h3,5-6,11-12,19H,4,7-10H2,1-2H3,(H,17,20). The van der Waals surface area contributed by atoms with Gasteiger partial charge in [0.2, 0.25) is 5.91 Å². The van der Waals surface area contributed by atoms with Gasteiger partial charge in [0.25, 0.3) is 0 Å². The van der Waals surface area contributed by atoms with Crippen molar-refractivity contribution in [3.8, 4) is 0 Å². The third kappa shape index (κ3) is 6.12. The van der Waals surface area contributed by atoms with E-state index >= 15 is 0 Å². The number of rotatable bonds is 8. The van der Waals surface area contributed by atoms with Gasteiger partial charge in [0.1, 0.15) is 5.82 Å². The van der Waals surface area contributed by atoms with E-state index in [1.165, 1.54) is 12.1 Å². The molecule has 4 nitrogen and oxygen atoms in total. The summed E-state index contributed by atoms with van der Waals surface area (Å²) in [6, 6.07) is 6.18. The lowest BCUT2D eigenvalue weighted by Crippen LogP contribution is -2.35. The van der Waals surface area contributed by atoms with E-state index in [-0.39, 0.29) is 18.3 Å². The fourth-order valence-corrected chi connectivity index (χ4v) is 1.94. The van der Waals surface area contributed by atoms with Crippen LogP contribution in [0, 0.1) is 5.82 Å². The lowest BCUT2D eigenvalue weighted by molar-refractivity contribution is -0.116. The molecule has 0 heterocycles. The predicted octanol–water partition coefficient (Wildman–Crippen LogP) is 2.25. The van der Waals surface area contributed by atoms with E-state index in [4.69, 9.17) is 5.11 Å². The number of carbonyl (C=O) groups excluding carboxylic acids is 1. The third-order valence-electron chi connectivity index (χ3n) is 3.07. The van der Waals surface area contributed by atoms with Crippen LogP contribution in [0.25, 0.3) is 0 Å². The van der Waals surface area contributed by atoms with Gasteiger partial charge < -0.3 is 15.3 Å². The molecule has 5 heteroatoms. The Labute approximate surface area is 119 Å². The minimum atomic E-state index is -0.366. The van der Waals surface area contributed by atoms with Gasteiger partial charge in [-0.15, -0.1) is 0 Å². The maximum absolute atomic E-state index is 13.0. The van der Waals surface area contributed by atoms with E-state index in [1.54, 1.807) is 12.1 Å². The predicted molar refractivity (Wildman–Crippen MR) is 78.1 cm³/mol. The highest BCUT2D eigenvalue weighted by Gasteiger charge is 2.11. The van der Waals surface area contributed by atoms with E-state index in [1.807, 2.05) is 0 Å². The summed E-state index contributed by atoms with van der Waals surface area (Å²) in [5, 5.41) is 11.5. The van der Waals surface area contributed by atoms with E-state index in [9.17, 15) is 9.18 Å². The second-order valence-electron chi connectivity index (χ2n) is 5.02. The molecule has 0 aliphatic carbocycles. The number of amides is 1. The molecule has 0 aromatic heterocycles. The zero-order valence-electron chi connectivity index (χ0n) is 12.1. The van der Waals surface area contributed by atoms with Crippen LogP contribution >= 0.6 is 0 Å². The van der Waals surface area contributed by atoms with Crippen molar-refractivity contribution in [2.75, 3.05) is 25.0 Å². The first kappa shape index (κ1) is 16.6. The van der Waals surface area contributed by atoms with E-state index < -0.39 is 0 Å². The Morgan fingerprint density at radius 3 is 2.75 bits per heavy atom. The van der Waals surface area contributed by atoms with Crippen LogP contribution in [0.3, 0.4) is 0 Å². The van der Waals surface area contributed by atoms with Gasteiger partial charge in [0.15, 0.2) is 0 Å². The van der Waals surface area contributed by atoms with Gasteiger partial charge in [-0.25, -0.2) is 4.39 Å². The summed E-state index contributed by atoms with van der Waals surface area (Å²) in [4.78, 5) is 14.0. The number of aliphatic hydroxyl groups is 1. The first-order valence-electron chi connectivity index (χ1n) is 6.93. The molecule has 112 valence electrons. The van der Waals surface area contributed by atoms with Gasteiger partial charge in [0.05, 0.1) is 0 Å². The number of aliphatic hydroxyl groups excluding tert-OH is 1. The molecule has 1 aromatic carbocycles. The highest BCUT2D eigenvalue weighted by atomic mass is 19.1. The van der Waals surface area contributed by atoms with Crippen LogP contribution in [-0.4, -0.2) is 41.7 Å². The number of carbonyl (C=O) groups is 1. The van der Waals surface area contributed by atoms with Crippen molar-refractivity contribution in [3.05, 3.63) is 30.1 Å². The smallest absolute Gasteiger partial charge is 0.225 e. The number of hydrogen-bond donors (Lipinski definition) is 2. The number of anilines is 1. The zero-order valence-corrected chi connectivity index (χ0v) is 12.1. The summed E-state index contributed by atoms with van der Waals surface area (Å²) in [5.41, 5.74) is 0.474. The van der Waals surface area contributed by atoms with Crippen molar-refractivity contribution in [3.63, 3.8) is 0 Å². The quantitative estimate of drug-likeness (QED) is 0.769. The largest absolute Gasteiger partial charge is 0.396 e. The molecule has 2 N–H and O–H groups in total. The zero-order chi connectivity index (χ0) is 15.0. The normalized spacial score (nSPS) is 11.1. The molecule has 1 amide bonds. The third-order valence-corrected chi connectivity index (χ3v) is 3.07. The van der Waals surface area contributed by atoms with Crippen molar-refractivity contribution < 1.29 is 14.3 Å². The van der Waals surface area contributed by atoms with E-state index in [2.05, 4.69) is 24.1 Å². The first-order valence-corrected chi connectivity index (χ1v) is 6.93. The summed E-state index contributed by atoms with van der Waals surface area (Å²) in [5.74, 6) is -0.500. The topological polar surface area (TPSA) is 52.6 Å². The lowest BCUT2D eigenvalue weighted by atomic mass is 10.2. The Morgan fingerprint density at radius 2 is 2.15 bits per heavy atom. The first-order chi connectivity index (χ1) is 9.52. The Morgan fingerprint density at radius 1 is 1.40 bits per heavy atom. The Bertz CT molecular complexity index is 424. The Balaban J connectivity index is 2.41. The van der Waals surface area contributed by atoms with Gasteiger partial charge >= 0.3 is 0 Å². The average molecular weight is 282 g/mol. The molecular formula is C15H23FN2O2. The molecule has 0 aliphatic rings. The Kier molecular flexibility index (Phi) is 7.18. The summed E-state index contributed by atoms with van der Waals surface area (Å²) in [6.45, 7) is 5.66.